The summed E-state index contributed by atoms with van der Waals surface area (Å²) in [5.41, 5.74) is 3.60. The van der Waals surface area contributed by atoms with Crippen molar-refractivity contribution in [2.75, 3.05) is 25.1 Å². The van der Waals surface area contributed by atoms with Gasteiger partial charge in [0.15, 0.2) is 5.11 Å². The lowest BCUT2D eigenvalue weighted by Crippen LogP contribution is -2.29. The third kappa shape index (κ3) is 5.47. The molecule has 1 aliphatic rings. The second-order valence-electron chi connectivity index (χ2n) is 5.55. The minimum Gasteiger partial charge on any atom is -0.381 e. The van der Waals surface area contributed by atoms with Crippen LogP contribution in [0, 0.1) is 19.8 Å². The van der Waals surface area contributed by atoms with Gasteiger partial charge in [0.2, 0.25) is 0 Å². The number of aryl methyl sites for hydroxylation is 2. The number of benzene rings is 1. The average molecular weight is 292 g/mol. The molecule has 2 N–H and O–H groups in total. The monoisotopic (exact) mass is 292 g/mol. The van der Waals surface area contributed by atoms with Crippen molar-refractivity contribution in [2.24, 2.45) is 5.92 Å². The van der Waals surface area contributed by atoms with E-state index in [-0.39, 0.29) is 0 Å². The number of ether oxygens (including phenoxy) is 1. The SMILES string of the molecule is Cc1ccc(NC(=S)NCCCOCC2CC2)cc1C. The van der Waals surface area contributed by atoms with Crippen LogP contribution < -0.4 is 10.6 Å². The van der Waals surface area contributed by atoms with E-state index in [1.807, 2.05) is 0 Å². The van der Waals surface area contributed by atoms with Crippen LogP contribution in [0.5, 0.6) is 0 Å². The second-order valence-corrected chi connectivity index (χ2v) is 5.96. The first-order chi connectivity index (χ1) is 9.65. The molecule has 1 aromatic carbocycles. The molecule has 0 aliphatic heterocycles. The van der Waals surface area contributed by atoms with E-state index in [9.17, 15) is 0 Å². The fourth-order valence-electron chi connectivity index (χ4n) is 1.91. The predicted molar refractivity (Wildman–Crippen MR) is 88.3 cm³/mol. The van der Waals surface area contributed by atoms with E-state index in [2.05, 4.69) is 42.7 Å². The number of hydrogen-bond donors (Lipinski definition) is 2. The van der Waals surface area contributed by atoms with E-state index >= 15 is 0 Å². The number of anilines is 1. The molecule has 1 aliphatic carbocycles. The number of hydrogen-bond acceptors (Lipinski definition) is 2. The van der Waals surface area contributed by atoms with E-state index in [1.54, 1.807) is 0 Å². The van der Waals surface area contributed by atoms with Crippen molar-refractivity contribution in [3.63, 3.8) is 0 Å². The lowest BCUT2D eigenvalue weighted by atomic mass is 10.1. The molecule has 110 valence electrons. The zero-order valence-electron chi connectivity index (χ0n) is 12.4. The van der Waals surface area contributed by atoms with Crippen molar-refractivity contribution in [3.8, 4) is 0 Å². The highest BCUT2D eigenvalue weighted by Crippen LogP contribution is 2.28. The Labute approximate surface area is 127 Å². The van der Waals surface area contributed by atoms with Crippen LogP contribution in [0.2, 0.25) is 0 Å². The summed E-state index contributed by atoms with van der Waals surface area (Å²) in [6.45, 7) is 6.81. The summed E-state index contributed by atoms with van der Waals surface area (Å²) < 4.78 is 5.58. The lowest BCUT2D eigenvalue weighted by Gasteiger charge is -2.12. The molecule has 20 heavy (non-hydrogen) atoms. The minimum absolute atomic E-state index is 0.676. The summed E-state index contributed by atoms with van der Waals surface area (Å²) in [5, 5.41) is 7.09. The Bertz CT molecular complexity index is 458. The number of thiocarbonyl (C=S) groups is 1. The molecule has 2 rings (SSSR count). The average Bonchev–Trinajstić information content (AvgIpc) is 3.22. The summed E-state index contributed by atoms with van der Waals surface area (Å²) in [6.07, 6.45) is 3.69. The highest BCUT2D eigenvalue weighted by molar-refractivity contribution is 7.80. The molecule has 3 nitrogen and oxygen atoms in total. The van der Waals surface area contributed by atoms with Crippen LogP contribution in [-0.4, -0.2) is 24.9 Å². The van der Waals surface area contributed by atoms with Crippen molar-refractivity contribution in [1.82, 2.24) is 5.32 Å². The minimum atomic E-state index is 0.676. The molecule has 1 aromatic rings. The van der Waals surface area contributed by atoms with Gasteiger partial charge in [0, 0.05) is 25.4 Å². The maximum Gasteiger partial charge on any atom is 0.170 e. The van der Waals surface area contributed by atoms with Gasteiger partial charge in [0.1, 0.15) is 0 Å². The number of nitrogens with one attached hydrogen (secondary N) is 2. The first-order valence-corrected chi connectivity index (χ1v) is 7.76. The highest BCUT2D eigenvalue weighted by Gasteiger charge is 2.20. The zero-order valence-corrected chi connectivity index (χ0v) is 13.2. The zero-order chi connectivity index (χ0) is 14.4. The van der Waals surface area contributed by atoms with Crippen molar-refractivity contribution < 1.29 is 4.74 Å². The van der Waals surface area contributed by atoms with E-state index in [4.69, 9.17) is 17.0 Å². The van der Waals surface area contributed by atoms with Crippen molar-refractivity contribution >= 4 is 23.0 Å². The van der Waals surface area contributed by atoms with Gasteiger partial charge >= 0.3 is 0 Å². The van der Waals surface area contributed by atoms with Crippen molar-refractivity contribution in [3.05, 3.63) is 29.3 Å². The maximum absolute atomic E-state index is 5.58. The summed E-state index contributed by atoms with van der Waals surface area (Å²) in [6, 6.07) is 6.27. The largest absolute Gasteiger partial charge is 0.381 e. The molecule has 4 heteroatoms. The number of rotatable bonds is 7. The van der Waals surface area contributed by atoms with Gasteiger partial charge in [-0.1, -0.05) is 6.07 Å². The predicted octanol–water partition coefficient (Wildman–Crippen LogP) is 3.41. The summed E-state index contributed by atoms with van der Waals surface area (Å²) >= 11 is 5.28. The Kier molecular flexibility index (Phi) is 5.80. The molecule has 0 spiro atoms. The molecule has 0 unspecified atom stereocenters. The van der Waals surface area contributed by atoms with Gasteiger partial charge in [-0.15, -0.1) is 0 Å². The molecular formula is C16H24N2OS. The van der Waals surface area contributed by atoms with Crippen LogP contribution in [0.1, 0.15) is 30.4 Å². The smallest absolute Gasteiger partial charge is 0.170 e. The Morgan fingerprint density at radius 2 is 2.10 bits per heavy atom. The summed E-state index contributed by atoms with van der Waals surface area (Å²) in [4.78, 5) is 0. The first-order valence-electron chi connectivity index (χ1n) is 7.35. The Morgan fingerprint density at radius 1 is 1.30 bits per heavy atom. The lowest BCUT2D eigenvalue weighted by molar-refractivity contribution is 0.123. The molecule has 1 saturated carbocycles. The summed E-state index contributed by atoms with van der Waals surface area (Å²) in [5.74, 6) is 0.843. The Hall–Kier alpha value is -1.13. The van der Waals surface area contributed by atoms with E-state index in [0.29, 0.717) is 5.11 Å². The second kappa shape index (κ2) is 7.60. The Morgan fingerprint density at radius 3 is 2.80 bits per heavy atom. The topological polar surface area (TPSA) is 33.3 Å². The van der Waals surface area contributed by atoms with Gasteiger partial charge in [-0.05, 0) is 74.5 Å². The first kappa shape index (κ1) is 15.3. The molecular weight excluding hydrogens is 268 g/mol. The van der Waals surface area contributed by atoms with Crippen LogP contribution in [0.15, 0.2) is 18.2 Å². The molecule has 1 fully saturated rings. The van der Waals surface area contributed by atoms with E-state index in [1.165, 1.54) is 24.0 Å². The molecule has 0 bridgehead atoms. The standard InChI is InChI=1S/C16H24N2OS/c1-12-4-7-15(10-13(12)2)18-16(20)17-8-3-9-19-11-14-5-6-14/h4,7,10,14H,3,5-6,8-9,11H2,1-2H3,(H2,17,18,20). The fraction of sp³-hybridized carbons (Fsp3) is 0.562. The summed E-state index contributed by atoms with van der Waals surface area (Å²) in [7, 11) is 0. The molecule has 0 amide bonds. The molecule has 0 saturated heterocycles. The van der Waals surface area contributed by atoms with Gasteiger partial charge in [0.25, 0.3) is 0 Å². The normalized spacial score (nSPS) is 14.1. The molecule has 0 aromatic heterocycles. The van der Waals surface area contributed by atoms with Gasteiger partial charge in [0.05, 0.1) is 0 Å². The van der Waals surface area contributed by atoms with Crippen LogP contribution in [0.4, 0.5) is 5.69 Å². The highest BCUT2D eigenvalue weighted by atomic mass is 32.1. The van der Waals surface area contributed by atoms with Crippen LogP contribution in [0.3, 0.4) is 0 Å². The quantitative estimate of drug-likeness (QED) is 0.596. The van der Waals surface area contributed by atoms with Crippen LogP contribution in [-0.2, 0) is 4.74 Å². The van der Waals surface area contributed by atoms with Gasteiger partial charge in [-0.2, -0.15) is 0 Å². The molecule has 0 atom stereocenters. The van der Waals surface area contributed by atoms with Crippen LogP contribution in [0.25, 0.3) is 0 Å². The third-order valence-corrected chi connectivity index (χ3v) is 3.81. The third-order valence-electron chi connectivity index (χ3n) is 3.57. The molecule has 0 heterocycles. The van der Waals surface area contributed by atoms with Gasteiger partial charge in [-0.25, -0.2) is 0 Å². The van der Waals surface area contributed by atoms with E-state index < -0.39 is 0 Å². The fourth-order valence-corrected chi connectivity index (χ4v) is 2.13. The van der Waals surface area contributed by atoms with Gasteiger partial charge in [-0.3, -0.25) is 0 Å². The van der Waals surface area contributed by atoms with Crippen LogP contribution >= 0.6 is 12.2 Å². The van der Waals surface area contributed by atoms with E-state index in [0.717, 1.165) is 37.8 Å². The van der Waals surface area contributed by atoms with Crippen molar-refractivity contribution in [2.45, 2.75) is 33.1 Å². The Balaban J connectivity index is 1.58. The van der Waals surface area contributed by atoms with Gasteiger partial charge < -0.3 is 15.4 Å². The molecule has 0 radical (unpaired) electrons. The van der Waals surface area contributed by atoms with Crippen molar-refractivity contribution in [1.29, 1.82) is 0 Å². The maximum atomic E-state index is 5.58.